The Morgan fingerprint density at radius 2 is 2.07 bits per heavy atom. The van der Waals surface area contributed by atoms with Crippen molar-refractivity contribution in [3.05, 3.63) is 53.7 Å². The Morgan fingerprint density at radius 3 is 2.83 bits per heavy atom. The first-order valence-electron chi connectivity index (χ1n) is 10.0. The zero-order valence-electron chi connectivity index (χ0n) is 16.5. The number of aromatic nitrogens is 3. The molecule has 0 bridgehead atoms. The summed E-state index contributed by atoms with van der Waals surface area (Å²) in [6.07, 6.45) is 2.36. The Bertz CT molecular complexity index is 1010. The second-order valence-electron chi connectivity index (χ2n) is 8.35. The third-order valence-electron chi connectivity index (χ3n) is 6.17. The molecule has 1 saturated heterocycles. The van der Waals surface area contributed by atoms with Crippen molar-refractivity contribution in [2.24, 2.45) is 11.3 Å². The molecule has 1 aromatic carbocycles. The molecule has 1 aliphatic heterocycles. The molecular formula is C22H24N4O2S. The molecule has 1 N–H and O–H groups in total. The smallest absolute Gasteiger partial charge is 0.291 e. The van der Waals surface area contributed by atoms with E-state index in [9.17, 15) is 4.79 Å². The molecule has 150 valence electrons. The average molecular weight is 409 g/mol. The van der Waals surface area contributed by atoms with Gasteiger partial charge in [0.15, 0.2) is 5.82 Å². The Kier molecular flexibility index (Phi) is 4.52. The van der Waals surface area contributed by atoms with E-state index < -0.39 is 0 Å². The van der Waals surface area contributed by atoms with Gasteiger partial charge in [-0.05, 0) is 36.4 Å². The molecule has 1 saturated carbocycles. The summed E-state index contributed by atoms with van der Waals surface area (Å²) in [5.41, 5.74) is 0.798. The second kappa shape index (κ2) is 7.07. The highest BCUT2D eigenvalue weighted by Crippen LogP contribution is 2.51. The normalized spacial score (nSPS) is 25.1. The van der Waals surface area contributed by atoms with Gasteiger partial charge < -0.3 is 10.1 Å². The van der Waals surface area contributed by atoms with Crippen molar-refractivity contribution in [3.63, 3.8) is 0 Å². The zero-order chi connectivity index (χ0) is 20.0. The largest absolute Gasteiger partial charge is 0.377 e. The SMILES string of the molecule is CC1(C)[C@H](NC(=O)c2nc(-c3cccs3)n(-c3ccccc3)n2)[C@H]2CCCO[C@@H]21. The lowest BCUT2D eigenvalue weighted by Gasteiger charge is -2.59. The van der Waals surface area contributed by atoms with Crippen LogP contribution in [0.1, 0.15) is 37.3 Å². The van der Waals surface area contributed by atoms with Crippen molar-refractivity contribution in [2.75, 3.05) is 6.61 Å². The Labute approximate surface area is 173 Å². The van der Waals surface area contributed by atoms with Crippen LogP contribution in [0.25, 0.3) is 16.4 Å². The fourth-order valence-electron chi connectivity index (χ4n) is 4.74. The summed E-state index contributed by atoms with van der Waals surface area (Å²) >= 11 is 1.58. The van der Waals surface area contributed by atoms with E-state index >= 15 is 0 Å². The summed E-state index contributed by atoms with van der Waals surface area (Å²) in [5, 5.41) is 9.77. The number of ether oxygens (including phenoxy) is 1. The van der Waals surface area contributed by atoms with Gasteiger partial charge in [0, 0.05) is 24.0 Å². The van der Waals surface area contributed by atoms with Gasteiger partial charge in [0.05, 0.1) is 16.7 Å². The molecule has 3 aromatic rings. The van der Waals surface area contributed by atoms with E-state index in [1.807, 2.05) is 47.8 Å². The van der Waals surface area contributed by atoms with Crippen LogP contribution < -0.4 is 5.32 Å². The van der Waals surface area contributed by atoms with Crippen LogP contribution in [0.2, 0.25) is 0 Å². The molecule has 2 fully saturated rings. The molecule has 6 nitrogen and oxygen atoms in total. The number of rotatable bonds is 4. The maximum atomic E-state index is 13.1. The topological polar surface area (TPSA) is 69.0 Å². The summed E-state index contributed by atoms with van der Waals surface area (Å²) in [6, 6.07) is 13.8. The van der Waals surface area contributed by atoms with Crippen LogP contribution in [0, 0.1) is 11.3 Å². The molecule has 1 amide bonds. The fraction of sp³-hybridized carbons (Fsp3) is 0.409. The summed E-state index contributed by atoms with van der Waals surface area (Å²) in [6.45, 7) is 5.15. The first-order chi connectivity index (χ1) is 14.1. The highest BCUT2D eigenvalue weighted by molar-refractivity contribution is 7.13. The zero-order valence-corrected chi connectivity index (χ0v) is 17.4. The molecule has 5 rings (SSSR count). The van der Waals surface area contributed by atoms with Gasteiger partial charge >= 0.3 is 0 Å². The van der Waals surface area contributed by atoms with Crippen LogP contribution in [0.4, 0.5) is 0 Å². The molecule has 29 heavy (non-hydrogen) atoms. The summed E-state index contributed by atoms with van der Waals surface area (Å²) in [4.78, 5) is 18.7. The van der Waals surface area contributed by atoms with Gasteiger partial charge in [-0.1, -0.05) is 38.1 Å². The first-order valence-corrected chi connectivity index (χ1v) is 10.9. The standard InChI is InChI=1S/C22H24N4O2S/c1-22(2)17(15-10-6-12-28-18(15)22)23-21(27)19-24-20(16-11-7-13-29-16)26(25-19)14-8-4-3-5-9-14/h3-5,7-9,11,13,15,17-18H,6,10,12H2,1-2H3,(H,23,27)/t15-,17-,18+/m1/s1. The number of para-hydroxylation sites is 1. The maximum Gasteiger partial charge on any atom is 0.291 e. The number of hydrogen-bond donors (Lipinski definition) is 1. The molecule has 0 spiro atoms. The number of carbonyl (C=O) groups excluding carboxylic acids is 1. The molecule has 2 aromatic heterocycles. The van der Waals surface area contributed by atoms with Gasteiger partial charge in [0.2, 0.25) is 5.82 Å². The lowest BCUT2D eigenvalue weighted by atomic mass is 9.55. The molecular weight excluding hydrogens is 384 g/mol. The van der Waals surface area contributed by atoms with E-state index in [-0.39, 0.29) is 29.3 Å². The Morgan fingerprint density at radius 1 is 1.24 bits per heavy atom. The number of fused-ring (bicyclic) bond motifs is 1. The highest BCUT2D eigenvalue weighted by atomic mass is 32.1. The number of nitrogens with one attached hydrogen (secondary N) is 1. The molecule has 2 aliphatic rings. The number of benzene rings is 1. The van der Waals surface area contributed by atoms with Gasteiger partial charge in [-0.25, -0.2) is 9.67 Å². The van der Waals surface area contributed by atoms with Crippen LogP contribution in [-0.2, 0) is 4.74 Å². The summed E-state index contributed by atoms with van der Waals surface area (Å²) in [5.74, 6) is 1.03. The van der Waals surface area contributed by atoms with Crippen molar-refractivity contribution in [1.29, 1.82) is 0 Å². The minimum Gasteiger partial charge on any atom is -0.377 e. The third kappa shape index (κ3) is 3.09. The van der Waals surface area contributed by atoms with E-state index in [0.717, 1.165) is 30.0 Å². The summed E-state index contributed by atoms with van der Waals surface area (Å²) < 4.78 is 7.70. The predicted molar refractivity (Wildman–Crippen MR) is 112 cm³/mol. The quantitative estimate of drug-likeness (QED) is 0.710. The number of carbonyl (C=O) groups is 1. The second-order valence-corrected chi connectivity index (χ2v) is 9.30. The van der Waals surface area contributed by atoms with Crippen LogP contribution in [0.15, 0.2) is 47.8 Å². The molecule has 3 atom stereocenters. The van der Waals surface area contributed by atoms with Crippen LogP contribution in [-0.4, -0.2) is 39.4 Å². The number of thiophene rings is 1. The van der Waals surface area contributed by atoms with Crippen molar-refractivity contribution in [3.8, 4) is 16.4 Å². The van der Waals surface area contributed by atoms with Crippen molar-refractivity contribution < 1.29 is 9.53 Å². The van der Waals surface area contributed by atoms with E-state index in [1.165, 1.54) is 0 Å². The van der Waals surface area contributed by atoms with E-state index in [0.29, 0.717) is 11.7 Å². The molecule has 0 radical (unpaired) electrons. The van der Waals surface area contributed by atoms with Crippen molar-refractivity contribution in [1.82, 2.24) is 20.1 Å². The minimum absolute atomic E-state index is 0.0779. The first kappa shape index (κ1) is 18.5. The summed E-state index contributed by atoms with van der Waals surface area (Å²) in [7, 11) is 0. The average Bonchev–Trinajstić information content (AvgIpc) is 3.42. The van der Waals surface area contributed by atoms with Gasteiger partial charge in [-0.15, -0.1) is 16.4 Å². The van der Waals surface area contributed by atoms with E-state index in [1.54, 1.807) is 16.0 Å². The van der Waals surface area contributed by atoms with Gasteiger partial charge in [0.1, 0.15) is 0 Å². The molecule has 3 heterocycles. The van der Waals surface area contributed by atoms with Crippen molar-refractivity contribution in [2.45, 2.75) is 38.8 Å². The fourth-order valence-corrected chi connectivity index (χ4v) is 5.44. The van der Waals surface area contributed by atoms with E-state index in [4.69, 9.17) is 4.74 Å². The van der Waals surface area contributed by atoms with Crippen LogP contribution >= 0.6 is 11.3 Å². The number of hydrogen-bond acceptors (Lipinski definition) is 5. The Hall–Kier alpha value is -2.51. The lowest BCUT2D eigenvalue weighted by molar-refractivity contribution is -0.189. The molecule has 1 aliphatic carbocycles. The predicted octanol–water partition coefficient (Wildman–Crippen LogP) is 3.93. The maximum absolute atomic E-state index is 13.1. The van der Waals surface area contributed by atoms with Gasteiger partial charge in [-0.3, -0.25) is 4.79 Å². The van der Waals surface area contributed by atoms with Gasteiger partial charge in [0.25, 0.3) is 5.91 Å². The monoisotopic (exact) mass is 408 g/mol. The van der Waals surface area contributed by atoms with Crippen molar-refractivity contribution >= 4 is 17.2 Å². The highest BCUT2D eigenvalue weighted by Gasteiger charge is 2.58. The van der Waals surface area contributed by atoms with Crippen LogP contribution in [0.3, 0.4) is 0 Å². The van der Waals surface area contributed by atoms with Crippen LogP contribution in [0.5, 0.6) is 0 Å². The van der Waals surface area contributed by atoms with Gasteiger partial charge in [-0.2, -0.15) is 0 Å². The Balaban J connectivity index is 1.45. The lowest BCUT2D eigenvalue weighted by Crippen LogP contribution is -2.70. The number of amides is 1. The number of nitrogens with zero attached hydrogens (tertiary/aromatic N) is 3. The van der Waals surface area contributed by atoms with E-state index in [2.05, 4.69) is 29.2 Å². The minimum atomic E-state index is -0.223. The third-order valence-corrected chi connectivity index (χ3v) is 7.04. The molecule has 0 unspecified atom stereocenters. The molecule has 7 heteroatoms.